The number of carbonyl (C=O) groups is 6. The molecule has 2 aliphatic carbocycles. The van der Waals surface area contributed by atoms with Gasteiger partial charge in [0.1, 0.15) is 34.5 Å². The Bertz CT molecular complexity index is 2090. The van der Waals surface area contributed by atoms with Gasteiger partial charge in [-0.2, -0.15) is 0 Å². The predicted molar refractivity (Wildman–Crippen MR) is 243 cm³/mol. The van der Waals surface area contributed by atoms with Crippen LogP contribution in [0.2, 0.25) is 0 Å². The molecule has 0 unspecified atom stereocenters. The standard InChI is InChI=1S/C46H62N8O12/c1-61-35-22-37(63-3)31(19-29(35)41(55)49-17-15-47)43(57)51-25-7-11-27(12-8-25)53-45(59)33-21-34(40(66-6)24-39(33)65-5)46(60)54-28-13-9-26(10-14-28)52-44(58)32-20-30(42(56)50-18-16-48)36(62-2)23-38(32)64-4/h19-28H,7-18,47-48H2,1-6H3,(H,49,55)(H,50,56)(H,51,57)(H,52,58)(H,53,59)(H,54,60)/t25-,26-,27-,28-. The van der Waals surface area contributed by atoms with Crippen LogP contribution >= 0.6 is 0 Å². The number of ether oxygens (including phenoxy) is 6. The van der Waals surface area contributed by atoms with Crippen LogP contribution in [0.1, 0.15) is 114 Å². The van der Waals surface area contributed by atoms with Crippen LogP contribution in [-0.2, 0) is 0 Å². The van der Waals surface area contributed by atoms with E-state index in [2.05, 4.69) is 31.9 Å². The molecule has 0 aromatic heterocycles. The Kier molecular flexibility index (Phi) is 18.2. The van der Waals surface area contributed by atoms with Crippen LogP contribution in [0, 0.1) is 0 Å². The Morgan fingerprint density at radius 3 is 0.758 bits per heavy atom. The van der Waals surface area contributed by atoms with Gasteiger partial charge in [0.15, 0.2) is 0 Å². The van der Waals surface area contributed by atoms with Crippen molar-refractivity contribution in [3.8, 4) is 34.5 Å². The van der Waals surface area contributed by atoms with Crippen molar-refractivity contribution in [1.29, 1.82) is 0 Å². The smallest absolute Gasteiger partial charge is 0.255 e. The van der Waals surface area contributed by atoms with Crippen molar-refractivity contribution in [2.75, 3.05) is 68.8 Å². The second-order valence-electron chi connectivity index (χ2n) is 15.8. The second-order valence-corrected chi connectivity index (χ2v) is 15.8. The lowest BCUT2D eigenvalue weighted by Gasteiger charge is -2.30. The average Bonchev–Trinajstić information content (AvgIpc) is 3.34. The van der Waals surface area contributed by atoms with Crippen LogP contribution < -0.4 is 71.8 Å². The van der Waals surface area contributed by atoms with Gasteiger partial charge in [-0.3, -0.25) is 28.8 Å². The minimum Gasteiger partial charge on any atom is -0.496 e. The Labute approximate surface area is 383 Å². The van der Waals surface area contributed by atoms with Crippen LogP contribution in [0.15, 0.2) is 36.4 Å². The maximum Gasteiger partial charge on any atom is 0.255 e. The van der Waals surface area contributed by atoms with Gasteiger partial charge in [0.05, 0.1) is 76.0 Å². The number of hydrogen-bond donors (Lipinski definition) is 8. The summed E-state index contributed by atoms with van der Waals surface area (Å²) in [4.78, 5) is 80.2. The zero-order chi connectivity index (χ0) is 47.9. The summed E-state index contributed by atoms with van der Waals surface area (Å²) in [5.74, 6) is -1.18. The molecule has 0 spiro atoms. The van der Waals surface area contributed by atoms with Crippen LogP contribution in [0.4, 0.5) is 0 Å². The third-order valence-corrected chi connectivity index (χ3v) is 11.7. The zero-order valence-electron chi connectivity index (χ0n) is 38.3. The summed E-state index contributed by atoms with van der Waals surface area (Å²) >= 11 is 0. The first kappa shape index (κ1) is 50.2. The Morgan fingerprint density at radius 1 is 0.379 bits per heavy atom. The van der Waals surface area contributed by atoms with Gasteiger partial charge in [-0.05, 0) is 69.6 Å². The van der Waals surface area contributed by atoms with Gasteiger partial charge in [0, 0.05) is 68.5 Å². The Hall–Kier alpha value is -6.80. The van der Waals surface area contributed by atoms with E-state index in [1.165, 1.54) is 79.1 Å². The predicted octanol–water partition coefficient (Wildman–Crippen LogP) is 2.06. The second kappa shape index (κ2) is 23.9. The largest absolute Gasteiger partial charge is 0.496 e. The summed E-state index contributed by atoms with van der Waals surface area (Å²) < 4.78 is 32.8. The summed E-state index contributed by atoms with van der Waals surface area (Å²) in [6.45, 7) is 0.985. The maximum absolute atomic E-state index is 13.8. The molecule has 0 radical (unpaired) electrons. The Morgan fingerprint density at radius 2 is 0.576 bits per heavy atom. The molecule has 0 heterocycles. The molecule has 358 valence electrons. The van der Waals surface area contributed by atoms with Crippen LogP contribution in [0.3, 0.4) is 0 Å². The van der Waals surface area contributed by atoms with Crippen LogP contribution in [0.25, 0.3) is 0 Å². The normalized spacial score (nSPS) is 17.8. The van der Waals surface area contributed by atoms with Gasteiger partial charge >= 0.3 is 0 Å². The van der Waals surface area contributed by atoms with Crippen LogP contribution in [0.5, 0.6) is 34.5 Å². The van der Waals surface area contributed by atoms with Gasteiger partial charge in [-0.15, -0.1) is 0 Å². The lowest BCUT2D eigenvalue weighted by atomic mass is 9.90. The van der Waals surface area contributed by atoms with Crippen molar-refractivity contribution in [2.45, 2.75) is 75.5 Å². The molecule has 2 fully saturated rings. The molecule has 20 nitrogen and oxygen atoms in total. The SMILES string of the molecule is COc1cc(OC)c(C(=O)N[C@H]2CC[C@H](NC(=O)c3cc(C(=O)N[C@H]4CC[C@H](NC(=O)c5cc(C(=O)NCCN)c(OC)cc5OC)CC4)c(OC)cc3OC)CC2)cc1C(=O)NCCN. The van der Waals surface area contributed by atoms with E-state index in [-0.39, 0.29) is 118 Å². The zero-order valence-corrected chi connectivity index (χ0v) is 38.3. The summed E-state index contributed by atoms with van der Waals surface area (Å²) in [5, 5.41) is 17.6. The van der Waals surface area contributed by atoms with Gasteiger partial charge in [-0.1, -0.05) is 0 Å². The summed E-state index contributed by atoms with van der Waals surface area (Å²) in [5.41, 5.74) is 12.0. The minimum absolute atomic E-state index is 0.150. The van der Waals surface area contributed by atoms with E-state index in [9.17, 15) is 28.8 Å². The molecule has 66 heavy (non-hydrogen) atoms. The van der Waals surface area contributed by atoms with Crippen molar-refractivity contribution in [1.82, 2.24) is 31.9 Å². The summed E-state index contributed by atoms with van der Waals surface area (Å²) in [6.07, 6.45) is 4.45. The third kappa shape index (κ3) is 12.3. The Balaban J connectivity index is 1.17. The number of carbonyl (C=O) groups excluding carboxylic acids is 6. The van der Waals surface area contributed by atoms with E-state index in [0.717, 1.165) is 0 Å². The monoisotopic (exact) mass is 918 g/mol. The molecule has 2 saturated carbocycles. The first-order valence-corrected chi connectivity index (χ1v) is 21.8. The molecule has 6 amide bonds. The molecule has 3 aromatic rings. The third-order valence-electron chi connectivity index (χ3n) is 11.7. The van der Waals surface area contributed by atoms with E-state index in [1.807, 2.05) is 0 Å². The highest BCUT2D eigenvalue weighted by molar-refractivity contribution is 6.05. The number of nitrogens with two attached hydrogens (primary N) is 2. The molecule has 0 saturated heterocycles. The molecular weight excluding hydrogens is 857 g/mol. The van der Waals surface area contributed by atoms with Crippen molar-refractivity contribution < 1.29 is 57.2 Å². The number of nitrogens with one attached hydrogen (secondary N) is 6. The van der Waals surface area contributed by atoms with E-state index in [4.69, 9.17) is 39.9 Å². The van der Waals surface area contributed by atoms with E-state index in [0.29, 0.717) is 51.4 Å². The highest BCUT2D eigenvalue weighted by atomic mass is 16.5. The number of rotatable bonds is 20. The van der Waals surface area contributed by atoms with Crippen molar-refractivity contribution >= 4 is 35.4 Å². The molecule has 2 aliphatic rings. The highest BCUT2D eigenvalue weighted by Gasteiger charge is 2.31. The van der Waals surface area contributed by atoms with E-state index >= 15 is 0 Å². The molecular formula is C46H62N8O12. The van der Waals surface area contributed by atoms with Crippen LogP contribution in [-0.4, -0.2) is 128 Å². The quantitative estimate of drug-likeness (QED) is 0.0806. The van der Waals surface area contributed by atoms with Gasteiger partial charge in [0.2, 0.25) is 0 Å². The number of hydrogen-bond acceptors (Lipinski definition) is 14. The lowest BCUT2D eigenvalue weighted by Crippen LogP contribution is -2.44. The van der Waals surface area contributed by atoms with Gasteiger partial charge in [-0.25, -0.2) is 0 Å². The molecule has 3 aromatic carbocycles. The van der Waals surface area contributed by atoms with Gasteiger partial charge in [0.25, 0.3) is 35.4 Å². The fourth-order valence-corrected chi connectivity index (χ4v) is 8.14. The number of amides is 6. The highest BCUT2D eigenvalue weighted by Crippen LogP contribution is 2.33. The summed E-state index contributed by atoms with van der Waals surface area (Å²) in [7, 11) is 8.53. The molecule has 0 aliphatic heterocycles. The maximum atomic E-state index is 13.8. The fourth-order valence-electron chi connectivity index (χ4n) is 8.14. The minimum atomic E-state index is -0.439. The molecule has 20 heteroatoms. The molecule has 10 N–H and O–H groups in total. The molecule has 5 rings (SSSR count). The lowest BCUT2D eigenvalue weighted by molar-refractivity contribution is 0.0883. The van der Waals surface area contributed by atoms with E-state index in [1.54, 1.807) is 0 Å². The van der Waals surface area contributed by atoms with Crippen molar-refractivity contribution in [2.24, 2.45) is 11.5 Å². The van der Waals surface area contributed by atoms with E-state index < -0.39 is 35.4 Å². The number of methoxy groups -OCH3 is 6. The number of benzene rings is 3. The first-order chi connectivity index (χ1) is 31.8. The van der Waals surface area contributed by atoms with Gasteiger partial charge < -0.3 is 71.8 Å². The molecule has 0 bridgehead atoms. The topological polar surface area (TPSA) is 282 Å². The average molecular weight is 919 g/mol. The van der Waals surface area contributed by atoms with Crippen molar-refractivity contribution in [3.05, 3.63) is 69.8 Å². The summed E-state index contributed by atoms with van der Waals surface area (Å²) in [6, 6.07) is 7.93. The first-order valence-electron chi connectivity index (χ1n) is 21.8. The molecule has 0 atom stereocenters. The fraction of sp³-hybridized carbons (Fsp3) is 0.478. The van der Waals surface area contributed by atoms with Crippen molar-refractivity contribution in [3.63, 3.8) is 0 Å².